The van der Waals surface area contributed by atoms with E-state index in [-0.39, 0.29) is 24.7 Å². The fraction of sp³-hybridized carbons (Fsp3) is 0.875. The fourth-order valence-corrected chi connectivity index (χ4v) is 3.36. The lowest BCUT2D eigenvalue weighted by atomic mass is 9.85. The summed E-state index contributed by atoms with van der Waals surface area (Å²) in [5, 5.41) is 14.9. The molecule has 0 heterocycles. The zero-order valence-electron chi connectivity index (χ0n) is 13.8. The summed E-state index contributed by atoms with van der Waals surface area (Å²) < 4.78 is 0. The Morgan fingerprint density at radius 3 is 2.45 bits per heavy atom. The monoisotopic (exact) mass is 311 g/mol. The second kappa shape index (κ2) is 7.31. The molecular weight excluding hydrogens is 282 g/mol. The van der Waals surface area contributed by atoms with Gasteiger partial charge in [0.1, 0.15) is 0 Å². The van der Waals surface area contributed by atoms with E-state index in [1.807, 2.05) is 11.8 Å². The normalized spacial score (nSPS) is 30.0. The van der Waals surface area contributed by atoms with Gasteiger partial charge in [-0.1, -0.05) is 20.8 Å². The molecule has 22 heavy (non-hydrogen) atoms. The molecule has 2 aliphatic carbocycles. The van der Waals surface area contributed by atoms with E-state index in [9.17, 15) is 9.59 Å². The van der Waals surface area contributed by atoms with E-state index in [1.54, 1.807) is 0 Å². The third kappa shape index (κ3) is 4.87. The highest BCUT2D eigenvalue weighted by Gasteiger charge is 2.39. The minimum Gasteiger partial charge on any atom is -0.480 e. The number of carbonyl (C=O) groups excluding carboxylic acids is 1. The van der Waals surface area contributed by atoms with Crippen molar-refractivity contribution >= 4 is 12.0 Å². The van der Waals surface area contributed by atoms with Crippen molar-refractivity contribution in [2.75, 3.05) is 13.1 Å². The number of amides is 2. The Morgan fingerprint density at radius 1 is 1.23 bits per heavy atom. The maximum atomic E-state index is 11.9. The smallest absolute Gasteiger partial charge is 0.317 e. The van der Waals surface area contributed by atoms with Crippen molar-refractivity contribution in [3.8, 4) is 0 Å². The summed E-state index contributed by atoms with van der Waals surface area (Å²) in [6, 6.07) is 0.731. The molecule has 0 unspecified atom stereocenters. The van der Waals surface area contributed by atoms with E-state index in [1.165, 1.54) is 6.42 Å². The van der Waals surface area contributed by atoms with E-state index >= 15 is 0 Å². The molecule has 0 aromatic carbocycles. The average Bonchev–Trinajstić information content (AvgIpc) is 3.07. The van der Waals surface area contributed by atoms with Crippen LogP contribution in [0.3, 0.4) is 0 Å². The first kappa shape index (κ1) is 17.1. The van der Waals surface area contributed by atoms with Crippen LogP contribution in [0.25, 0.3) is 0 Å². The van der Waals surface area contributed by atoms with E-state index in [4.69, 9.17) is 5.11 Å². The van der Waals surface area contributed by atoms with Gasteiger partial charge in [-0.25, -0.2) is 4.79 Å². The number of nitrogens with one attached hydrogen (secondary N) is 2. The van der Waals surface area contributed by atoms with Gasteiger partial charge in [0.15, 0.2) is 0 Å². The van der Waals surface area contributed by atoms with Crippen LogP contribution < -0.4 is 10.6 Å². The number of carboxylic acid groups (broad SMARTS) is 1. The number of carboxylic acids is 1. The molecule has 2 amide bonds. The first-order valence-corrected chi connectivity index (χ1v) is 8.41. The van der Waals surface area contributed by atoms with Gasteiger partial charge in [0.05, 0.1) is 6.54 Å². The molecule has 6 heteroatoms. The van der Waals surface area contributed by atoms with E-state index < -0.39 is 5.97 Å². The minimum atomic E-state index is -0.791. The van der Waals surface area contributed by atoms with Crippen LogP contribution in [0.5, 0.6) is 0 Å². The summed E-state index contributed by atoms with van der Waals surface area (Å²) >= 11 is 0. The van der Waals surface area contributed by atoms with Gasteiger partial charge in [0.2, 0.25) is 0 Å². The molecule has 6 nitrogen and oxygen atoms in total. The molecule has 0 spiro atoms. The lowest BCUT2D eigenvalue weighted by Crippen LogP contribution is -2.56. The number of hydrogen-bond acceptors (Lipinski definition) is 3. The van der Waals surface area contributed by atoms with Crippen molar-refractivity contribution in [1.82, 2.24) is 15.5 Å². The van der Waals surface area contributed by atoms with Gasteiger partial charge in [-0.3, -0.25) is 9.69 Å². The van der Waals surface area contributed by atoms with Gasteiger partial charge in [-0.15, -0.1) is 0 Å². The third-order valence-corrected chi connectivity index (χ3v) is 4.72. The molecule has 0 aromatic rings. The molecule has 0 radical (unpaired) electrons. The van der Waals surface area contributed by atoms with Crippen molar-refractivity contribution in [3.63, 3.8) is 0 Å². The van der Waals surface area contributed by atoms with Crippen molar-refractivity contribution in [3.05, 3.63) is 0 Å². The highest BCUT2D eigenvalue weighted by molar-refractivity contribution is 5.75. The Labute approximate surface area is 132 Å². The van der Waals surface area contributed by atoms with Crippen LogP contribution >= 0.6 is 0 Å². The molecule has 2 saturated carbocycles. The maximum Gasteiger partial charge on any atom is 0.317 e. The molecular formula is C16H29N3O3. The Balaban J connectivity index is 1.61. The first-order chi connectivity index (χ1) is 10.4. The number of hydrogen-bond donors (Lipinski definition) is 3. The summed E-state index contributed by atoms with van der Waals surface area (Å²) in [6.07, 6.45) is 3.96. The van der Waals surface area contributed by atoms with Crippen LogP contribution in [0.4, 0.5) is 4.79 Å². The second-order valence-corrected chi connectivity index (χ2v) is 7.13. The van der Waals surface area contributed by atoms with Crippen molar-refractivity contribution in [2.45, 2.75) is 64.6 Å². The largest absolute Gasteiger partial charge is 0.480 e. The Bertz CT molecular complexity index is 407. The van der Waals surface area contributed by atoms with Crippen LogP contribution in [-0.4, -0.2) is 53.2 Å². The van der Waals surface area contributed by atoms with Gasteiger partial charge in [-0.2, -0.15) is 0 Å². The molecule has 0 aliphatic heterocycles. The van der Waals surface area contributed by atoms with Crippen molar-refractivity contribution in [2.24, 2.45) is 11.8 Å². The van der Waals surface area contributed by atoms with Gasteiger partial charge in [0.25, 0.3) is 0 Å². The van der Waals surface area contributed by atoms with E-state index in [2.05, 4.69) is 24.5 Å². The highest BCUT2D eigenvalue weighted by Crippen LogP contribution is 2.36. The predicted molar refractivity (Wildman–Crippen MR) is 84.7 cm³/mol. The molecule has 2 aliphatic rings. The summed E-state index contributed by atoms with van der Waals surface area (Å²) in [7, 11) is 0. The van der Waals surface area contributed by atoms with Crippen LogP contribution in [0, 0.1) is 11.8 Å². The van der Waals surface area contributed by atoms with Crippen LogP contribution in [0.2, 0.25) is 0 Å². The lowest BCUT2D eigenvalue weighted by molar-refractivity contribution is -0.139. The predicted octanol–water partition coefficient (Wildman–Crippen LogP) is 1.66. The molecule has 126 valence electrons. The SMILES string of the molecule is CCN(CC(=O)O)C1CC(NC(=O)N[C@@H]2C[C@H]2CC(C)C)C1. The standard InChI is InChI=1S/C16H29N3O3/c1-4-19(9-15(20)21)13-7-12(8-13)17-16(22)18-14-6-11(14)5-10(2)3/h10-14H,4-9H2,1-3H3,(H,20,21)(H2,17,18,22)/t11-,12?,13?,14-/m1/s1. The Kier molecular flexibility index (Phi) is 5.67. The quantitative estimate of drug-likeness (QED) is 0.637. The minimum absolute atomic E-state index is 0.0685. The van der Waals surface area contributed by atoms with Crippen molar-refractivity contribution in [1.29, 1.82) is 0 Å². The summed E-state index contributed by atoms with van der Waals surface area (Å²) in [5.74, 6) is 0.536. The number of nitrogens with zero attached hydrogens (tertiary/aromatic N) is 1. The zero-order valence-corrected chi connectivity index (χ0v) is 13.8. The fourth-order valence-electron chi connectivity index (χ4n) is 3.36. The number of urea groups is 1. The Morgan fingerprint density at radius 2 is 1.91 bits per heavy atom. The number of likely N-dealkylation sites (N-methyl/N-ethyl adjacent to an activating group) is 1. The summed E-state index contributed by atoms with van der Waals surface area (Å²) in [6.45, 7) is 7.20. The third-order valence-electron chi connectivity index (χ3n) is 4.72. The molecule has 0 aromatic heterocycles. The molecule has 2 rings (SSSR count). The maximum absolute atomic E-state index is 11.9. The number of rotatable bonds is 8. The highest BCUT2D eigenvalue weighted by atomic mass is 16.4. The number of carbonyl (C=O) groups is 2. The molecule has 2 atom stereocenters. The van der Waals surface area contributed by atoms with Gasteiger partial charge < -0.3 is 15.7 Å². The number of aliphatic carboxylic acids is 1. The second-order valence-electron chi connectivity index (χ2n) is 7.13. The topological polar surface area (TPSA) is 81.7 Å². The summed E-state index contributed by atoms with van der Waals surface area (Å²) in [4.78, 5) is 24.7. The first-order valence-electron chi connectivity index (χ1n) is 8.41. The van der Waals surface area contributed by atoms with E-state index in [0.717, 1.165) is 25.8 Å². The lowest BCUT2D eigenvalue weighted by Gasteiger charge is -2.42. The van der Waals surface area contributed by atoms with Gasteiger partial charge in [0, 0.05) is 18.1 Å². The van der Waals surface area contributed by atoms with E-state index in [0.29, 0.717) is 17.9 Å². The van der Waals surface area contributed by atoms with Crippen molar-refractivity contribution < 1.29 is 14.7 Å². The van der Waals surface area contributed by atoms with Gasteiger partial charge >= 0.3 is 12.0 Å². The molecule has 0 bridgehead atoms. The zero-order chi connectivity index (χ0) is 16.3. The molecule has 3 N–H and O–H groups in total. The average molecular weight is 311 g/mol. The molecule has 2 fully saturated rings. The Hall–Kier alpha value is -1.30. The van der Waals surface area contributed by atoms with Gasteiger partial charge in [-0.05, 0) is 44.1 Å². The van der Waals surface area contributed by atoms with Crippen LogP contribution in [0.15, 0.2) is 0 Å². The van der Waals surface area contributed by atoms with Crippen LogP contribution in [-0.2, 0) is 4.79 Å². The van der Waals surface area contributed by atoms with Crippen LogP contribution in [0.1, 0.15) is 46.5 Å². The summed E-state index contributed by atoms with van der Waals surface area (Å²) in [5.41, 5.74) is 0. The molecule has 0 saturated heterocycles.